The molecule has 3 nitrogen and oxygen atoms in total. The summed E-state index contributed by atoms with van der Waals surface area (Å²) in [5, 5.41) is 10.2. The molecule has 0 aliphatic rings. The zero-order chi connectivity index (χ0) is 14.7. The first-order valence-electron chi connectivity index (χ1n) is 6.43. The first kappa shape index (κ1) is 13.4. The van der Waals surface area contributed by atoms with Crippen molar-refractivity contribution in [2.45, 2.75) is 6.61 Å². The Bertz CT molecular complexity index is 822. The van der Waals surface area contributed by atoms with Crippen LogP contribution in [0.25, 0.3) is 10.9 Å². The van der Waals surface area contributed by atoms with Crippen molar-refractivity contribution in [1.82, 2.24) is 4.98 Å². The van der Waals surface area contributed by atoms with Gasteiger partial charge in [0.1, 0.15) is 17.5 Å². The van der Waals surface area contributed by atoms with Crippen molar-refractivity contribution < 1.29 is 4.74 Å². The molecule has 3 aromatic rings. The lowest BCUT2D eigenvalue weighted by Gasteiger charge is -2.08. The van der Waals surface area contributed by atoms with Gasteiger partial charge in [-0.05, 0) is 36.4 Å². The number of fused-ring (bicyclic) bond motifs is 1. The second-order valence-corrected chi connectivity index (χ2v) is 4.91. The summed E-state index contributed by atoms with van der Waals surface area (Å²) in [6.07, 6.45) is 0. The average Bonchev–Trinajstić information content (AvgIpc) is 2.53. The molecule has 0 aliphatic carbocycles. The van der Waals surface area contributed by atoms with E-state index < -0.39 is 0 Å². The second kappa shape index (κ2) is 5.82. The molecule has 4 heteroatoms. The molecule has 0 radical (unpaired) electrons. The summed E-state index contributed by atoms with van der Waals surface area (Å²) >= 11 is 6.18. The largest absolute Gasteiger partial charge is 0.489 e. The van der Waals surface area contributed by atoms with E-state index in [1.54, 1.807) is 24.3 Å². The van der Waals surface area contributed by atoms with Crippen LogP contribution >= 0.6 is 11.6 Å². The fourth-order valence-electron chi connectivity index (χ4n) is 2.02. The first-order chi connectivity index (χ1) is 10.3. The van der Waals surface area contributed by atoms with E-state index in [0.29, 0.717) is 23.1 Å². The van der Waals surface area contributed by atoms with E-state index in [1.165, 1.54) is 0 Å². The quantitative estimate of drug-likeness (QED) is 0.675. The summed E-state index contributed by atoms with van der Waals surface area (Å²) in [6.45, 7) is 0.336. The molecule has 1 aromatic heterocycles. The van der Waals surface area contributed by atoms with Crippen LogP contribution in [0.2, 0.25) is 5.15 Å². The lowest BCUT2D eigenvalue weighted by Crippen LogP contribution is -1.98. The van der Waals surface area contributed by atoms with E-state index in [-0.39, 0.29) is 0 Å². The maximum Gasteiger partial charge on any atom is 0.136 e. The van der Waals surface area contributed by atoms with Gasteiger partial charge < -0.3 is 4.74 Å². The molecule has 21 heavy (non-hydrogen) atoms. The maximum atomic E-state index is 8.76. The summed E-state index contributed by atoms with van der Waals surface area (Å²) in [5.41, 5.74) is 2.30. The van der Waals surface area contributed by atoms with Crippen molar-refractivity contribution in [1.29, 1.82) is 5.26 Å². The summed E-state index contributed by atoms with van der Waals surface area (Å²) in [7, 11) is 0. The molecule has 0 N–H and O–H groups in total. The molecule has 0 unspecified atom stereocenters. The number of nitriles is 1. The summed E-state index contributed by atoms with van der Waals surface area (Å²) < 4.78 is 5.69. The number of benzene rings is 2. The molecule has 0 amide bonds. The molecule has 0 saturated carbocycles. The summed E-state index contributed by atoms with van der Waals surface area (Å²) in [4.78, 5) is 4.36. The number of para-hydroxylation sites is 1. The summed E-state index contributed by atoms with van der Waals surface area (Å²) in [6, 6.07) is 18.8. The minimum atomic E-state index is 0.336. The van der Waals surface area contributed by atoms with Gasteiger partial charge in [0.2, 0.25) is 0 Å². The molecule has 0 fully saturated rings. The van der Waals surface area contributed by atoms with Crippen LogP contribution < -0.4 is 4.74 Å². The van der Waals surface area contributed by atoms with Gasteiger partial charge in [0.05, 0.1) is 17.1 Å². The van der Waals surface area contributed by atoms with Gasteiger partial charge >= 0.3 is 0 Å². The second-order valence-electron chi connectivity index (χ2n) is 4.56. The Hall–Kier alpha value is -2.57. The number of pyridine rings is 1. The fourth-order valence-corrected chi connectivity index (χ4v) is 2.22. The molecule has 0 bridgehead atoms. The molecule has 102 valence electrons. The molecule has 2 aromatic carbocycles. The van der Waals surface area contributed by atoms with Gasteiger partial charge in [-0.15, -0.1) is 0 Å². The van der Waals surface area contributed by atoms with Crippen LogP contribution in [-0.2, 0) is 6.61 Å². The number of aromatic nitrogens is 1. The van der Waals surface area contributed by atoms with E-state index in [0.717, 1.165) is 16.5 Å². The van der Waals surface area contributed by atoms with Crippen molar-refractivity contribution in [2.24, 2.45) is 0 Å². The third kappa shape index (κ3) is 2.96. The number of hydrogen-bond donors (Lipinski definition) is 0. The lowest BCUT2D eigenvalue weighted by atomic mass is 10.2. The monoisotopic (exact) mass is 294 g/mol. The topological polar surface area (TPSA) is 45.9 Å². The number of halogens is 1. The molecule has 1 heterocycles. The molecular formula is C17H11ClN2O. The molecular weight excluding hydrogens is 284 g/mol. The Balaban J connectivity index is 1.81. The van der Waals surface area contributed by atoms with Crippen LogP contribution in [0.3, 0.4) is 0 Å². The van der Waals surface area contributed by atoms with Crippen molar-refractivity contribution in [3.05, 3.63) is 70.9 Å². The third-order valence-corrected chi connectivity index (χ3v) is 3.46. The highest BCUT2D eigenvalue weighted by Gasteiger charge is 2.06. The van der Waals surface area contributed by atoms with Gasteiger partial charge in [0.25, 0.3) is 0 Å². The SMILES string of the molecule is N#Cc1ccc(OCc2cc3ccccc3nc2Cl)cc1. The van der Waals surface area contributed by atoms with Crippen molar-refractivity contribution in [3.8, 4) is 11.8 Å². The van der Waals surface area contributed by atoms with Crippen LogP contribution in [-0.4, -0.2) is 4.98 Å². The Kier molecular flexibility index (Phi) is 3.72. The Morgan fingerprint density at radius 2 is 1.86 bits per heavy atom. The molecule has 0 aliphatic heterocycles. The van der Waals surface area contributed by atoms with Gasteiger partial charge in [-0.25, -0.2) is 4.98 Å². The maximum absolute atomic E-state index is 8.76. The molecule has 0 atom stereocenters. The van der Waals surface area contributed by atoms with Gasteiger partial charge in [-0.2, -0.15) is 5.26 Å². The van der Waals surface area contributed by atoms with E-state index in [4.69, 9.17) is 21.6 Å². The molecule has 0 saturated heterocycles. The van der Waals surface area contributed by atoms with Gasteiger partial charge in [0, 0.05) is 10.9 Å². The number of nitrogens with zero attached hydrogens (tertiary/aromatic N) is 2. The smallest absolute Gasteiger partial charge is 0.136 e. The standard InChI is InChI=1S/C17H11ClN2O/c18-17-14(9-13-3-1-2-4-16(13)20-17)11-21-15-7-5-12(10-19)6-8-15/h1-9H,11H2. The minimum Gasteiger partial charge on any atom is -0.489 e. The van der Waals surface area contributed by atoms with E-state index >= 15 is 0 Å². The number of rotatable bonds is 3. The van der Waals surface area contributed by atoms with Crippen LogP contribution in [0.1, 0.15) is 11.1 Å². The Labute approximate surface area is 127 Å². The highest BCUT2D eigenvalue weighted by Crippen LogP contribution is 2.22. The van der Waals surface area contributed by atoms with Gasteiger partial charge in [-0.3, -0.25) is 0 Å². The lowest BCUT2D eigenvalue weighted by molar-refractivity contribution is 0.306. The summed E-state index contributed by atoms with van der Waals surface area (Å²) in [5.74, 6) is 0.693. The van der Waals surface area contributed by atoms with Gasteiger partial charge in [0.15, 0.2) is 0 Å². The highest BCUT2D eigenvalue weighted by molar-refractivity contribution is 6.30. The predicted octanol–water partition coefficient (Wildman–Crippen LogP) is 4.34. The van der Waals surface area contributed by atoms with Crippen molar-refractivity contribution in [2.75, 3.05) is 0 Å². The normalized spacial score (nSPS) is 10.3. The Morgan fingerprint density at radius 3 is 2.62 bits per heavy atom. The van der Waals surface area contributed by atoms with Crippen LogP contribution in [0.5, 0.6) is 5.75 Å². The fraction of sp³-hybridized carbons (Fsp3) is 0.0588. The zero-order valence-electron chi connectivity index (χ0n) is 11.1. The highest BCUT2D eigenvalue weighted by atomic mass is 35.5. The van der Waals surface area contributed by atoms with Crippen molar-refractivity contribution >= 4 is 22.5 Å². The average molecular weight is 295 g/mol. The molecule has 0 spiro atoms. The zero-order valence-corrected chi connectivity index (χ0v) is 11.8. The van der Waals surface area contributed by atoms with E-state index in [1.807, 2.05) is 30.3 Å². The third-order valence-electron chi connectivity index (χ3n) is 3.13. The van der Waals surface area contributed by atoms with Crippen LogP contribution in [0.15, 0.2) is 54.6 Å². The Morgan fingerprint density at radius 1 is 1.10 bits per heavy atom. The van der Waals surface area contributed by atoms with Gasteiger partial charge in [-0.1, -0.05) is 29.8 Å². The number of ether oxygens (including phenoxy) is 1. The van der Waals surface area contributed by atoms with Crippen LogP contribution in [0.4, 0.5) is 0 Å². The van der Waals surface area contributed by atoms with E-state index in [9.17, 15) is 0 Å². The first-order valence-corrected chi connectivity index (χ1v) is 6.81. The van der Waals surface area contributed by atoms with Crippen LogP contribution in [0, 0.1) is 11.3 Å². The molecule has 3 rings (SSSR count). The van der Waals surface area contributed by atoms with Crippen molar-refractivity contribution in [3.63, 3.8) is 0 Å². The predicted molar refractivity (Wildman–Crippen MR) is 82.2 cm³/mol. The number of hydrogen-bond acceptors (Lipinski definition) is 3. The minimum absolute atomic E-state index is 0.336. The van der Waals surface area contributed by atoms with E-state index in [2.05, 4.69) is 11.1 Å².